The Bertz CT molecular complexity index is 969. The molecule has 2 N–H and O–H groups in total. The second-order valence-electron chi connectivity index (χ2n) is 6.85. The van der Waals surface area contributed by atoms with Gasteiger partial charge in [0.15, 0.2) is 0 Å². The molecule has 0 aromatic heterocycles. The van der Waals surface area contributed by atoms with E-state index < -0.39 is 10.0 Å². The number of benzene rings is 2. The molecule has 8 heteroatoms. The van der Waals surface area contributed by atoms with Gasteiger partial charge in [0, 0.05) is 36.4 Å². The molecule has 154 valence electrons. The molecule has 0 aliphatic carbocycles. The fourth-order valence-electron chi connectivity index (χ4n) is 3.34. The SMILES string of the molecule is C=CCNC(=O)c1ccccc1N1CCC(NS(=O)(=O)c2ccc(Cl)cc2)CC1. The second kappa shape index (κ2) is 9.43. The van der Waals surface area contributed by atoms with Crippen LogP contribution in [0, 0.1) is 0 Å². The largest absolute Gasteiger partial charge is 0.371 e. The summed E-state index contributed by atoms with van der Waals surface area (Å²) >= 11 is 5.84. The van der Waals surface area contributed by atoms with E-state index in [2.05, 4.69) is 21.5 Å². The molecular weight excluding hydrogens is 410 g/mol. The predicted molar refractivity (Wildman–Crippen MR) is 116 cm³/mol. The van der Waals surface area contributed by atoms with Crippen molar-refractivity contribution in [1.29, 1.82) is 0 Å². The van der Waals surface area contributed by atoms with E-state index in [0.717, 1.165) is 5.69 Å². The summed E-state index contributed by atoms with van der Waals surface area (Å²) in [6.07, 6.45) is 2.93. The van der Waals surface area contributed by atoms with E-state index in [4.69, 9.17) is 11.6 Å². The Morgan fingerprint density at radius 2 is 1.79 bits per heavy atom. The Hall–Kier alpha value is -2.35. The van der Waals surface area contributed by atoms with Crippen molar-refractivity contribution in [3.63, 3.8) is 0 Å². The molecular formula is C21H24ClN3O3S. The molecule has 29 heavy (non-hydrogen) atoms. The van der Waals surface area contributed by atoms with Crippen LogP contribution in [0.4, 0.5) is 5.69 Å². The van der Waals surface area contributed by atoms with Gasteiger partial charge in [0.25, 0.3) is 5.91 Å². The van der Waals surface area contributed by atoms with Crippen molar-refractivity contribution in [3.8, 4) is 0 Å². The number of nitrogens with one attached hydrogen (secondary N) is 2. The van der Waals surface area contributed by atoms with Gasteiger partial charge in [-0.1, -0.05) is 29.8 Å². The maximum Gasteiger partial charge on any atom is 0.253 e. The van der Waals surface area contributed by atoms with Crippen molar-refractivity contribution in [2.24, 2.45) is 0 Å². The minimum Gasteiger partial charge on any atom is -0.371 e. The first kappa shape index (κ1) is 21.4. The topological polar surface area (TPSA) is 78.5 Å². The van der Waals surface area contributed by atoms with Gasteiger partial charge in [-0.05, 0) is 49.2 Å². The lowest BCUT2D eigenvalue weighted by Gasteiger charge is -2.34. The third-order valence-corrected chi connectivity index (χ3v) is 6.63. The number of hydrogen-bond donors (Lipinski definition) is 2. The fourth-order valence-corrected chi connectivity index (χ4v) is 4.77. The van der Waals surface area contributed by atoms with Gasteiger partial charge in [0.05, 0.1) is 10.5 Å². The van der Waals surface area contributed by atoms with Crippen molar-refractivity contribution < 1.29 is 13.2 Å². The fraction of sp³-hybridized carbons (Fsp3) is 0.286. The quantitative estimate of drug-likeness (QED) is 0.657. The normalized spacial score (nSPS) is 15.1. The van der Waals surface area contributed by atoms with Crippen molar-refractivity contribution in [2.75, 3.05) is 24.5 Å². The number of amides is 1. The van der Waals surface area contributed by atoms with Crippen LogP contribution in [0.2, 0.25) is 5.02 Å². The van der Waals surface area contributed by atoms with Gasteiger partial charge in [-0.15, -0.1) is 6.58 Å². The molecule has 0 spiro atoms. The number of para-hydroxylation sites is 1. The minimum atomic E-state index is -3.59. The van der Waals surface area contributed by atoms with Crippen LogP contribution in [-0.4, -0.2) is 40.0 Å². The highest BCUT2D eigenvalue weighted by atomic mass is 35.5. The van der Waals surface area contributed by atoms with Crippen LogP contribution in [0.3, 0.4) is 0 Å². The summed E-state index contributed by atoms with van der Waals surface area (Å²) in [6.45, 7) is 5.32. The zero-order valence-corrected chi connectivity index (χ0v) is 17.5. The highest BCUT2D eigenvalue weighted by Gasteiger charge is 2.26. The molecule has 1 amide bonds. The van der Waals surface area contributed by atoms with Crippen LogP contribution in [0.15, 0.2) is 66.1 Å². The van der Waals surface area contributed by atoms with Crippen LogP contribution in [0.5, 0.6) is 0 Å². The lowest BCUT2D eigenvalue weighted by Crippen LogP contribution is -2.45. The third-order valence-electron chi connectivity index (χ3n) is 4.84. The molecule has 3 rings (SSSR count). The first-order valence-corrected chi connectivity index (χ1v) is 11.3. The molecule has 1 aliphatic rings. The summed E-state index contributed by atoms with van der Waals surface area (Å²) in [5, 5.41) is 3.30. The van der Waals surface area contributed by atoms with Crippen molar-refractivity contribution in [3.05, 3.63) is 71.8 Å². The maximum atomic E-state index is 12.6. The van der Waals surface area contributed by atoms with E-state index in [-0.39, 0.29) is 16.8 Å². The summed E-state index contributed by atoms with van der Waals surface area (Å²) in [6, 6.07) is 13.4. The first-order chi connectivity index (χ1) is 13.9. The molecule has 0 atom stereocenters. The van der Waals surface area contributed by atoms with Crippen molar-refractivity contribution in [1.82, 2.24) is 10.0 Å². The standard InChI is InChI=1S/C21H24ClN3O3S/c1-2-13-23-21(26)19-5-3-4-6-20(19)25-14-11-17(12-15-25)24-29(27,28)18-9-7-16(22)8-10-18/h2-10,17,24H,1,11-15H2,(H,23,26). The molecule has 2 aromatic rings. The van der Waals surface area contributed by atoms with Gasteiger partial charge < -0.3 is 10.2 Å². The van der Waals surface area contributed by atoms with Crippen LogP contribution in [-0.2, 0) is 10.0 Å². The van der Waals surface area contributed by atoms with Crippen LogP contribution < -0.4 is 14.9 Å². The third kappa shape index (κ3) is 5.38. The smallest absolute Gasteiger partial charge is 0.253 e. The zero-order valence-electron chi connectivity index (χ0n) is 16.0. The number of hydrogen-bond acceptors (Lipinski definition) is 4. The number of halogens is 1. The monoisotopic (exact) mass is 433 g/mol. The lowest BCUT2D eigenvalue weighted by atomic mass is 10.0. The van der Waals surface area contributed by atoms with Crippen LogP contribution >= 0.6 is 11.6 Å². The number of nitrogens with zero attached hydrogens (tertiary/aromatic N) is 1. The van der Waals surface area contributed by atoms with E-state index in [1.807, 2.05) is 18.2 Å². The number of rotatable bonds is 7. The molecule has 0 bridgehead atoms. The lowest BCUT2D eigenvalue weighted by molar-refractivity contribution is 0.0958. The summed E-state index contributed by atoms with van der Waals surface area (Å²) < 4.78 is 27.9. The Kier molecular flexibility index (Phi) is 6.95. The van der Waals surface area contributed by atoms with E-state index in [0.29, 0.717) is 43.1 Å². The highest BCUT2D eigenvalue weighted by molar-refractivity contribution is 7.89. The number of sulfonamides is 1. The minimum absolute atomic E-state index is 0.147. The number of anilines is 1. The second-order valence-corrected chi connectivity index (χ2v) is 9.00. The van der Waals surface area contributed by atoms with Gasteiger partial charge in [-0.3, -0.25) is 4.79 Å². The Balaban J connectivity index is 1.64. The van der Waals surface area contributed by atoms with Gasteiger partial charge in [-0.2, -0.15) is 0 Å². The van der Waals surface area contributed by atoms with Crippen molar-refractivity contribution in [2.45, 2.75) is 23.8 Å². The molecule has 0 radical (unpaired) electrons. The van der Waals surface area contributed by atoms with Gasteiger partial charge >= 0.3 is 0 Å². The maximum absolute atomic E-state index is 12.6. The molecule has 0 unspecified atom stereocenters. The summed E-state index contributed by atoms with van der Waals surface area (Å²) in [5.74, 6) is -0.147. The Labute approximate surface area is 176 Å². The summed E-state index contributed by atoms with van der Waals surface area (Å²) in [4.78, 5) is 14.7. The van der Waals surface area contributed by atoms with Crippen LogP contribution in [0.25, 0.3) is 0 Å². The average molecular weight is 434 g/mol. The molecule has 1 fully saturated rings. The predicted octanol–water partition coefficient (Wildman–Crippen LogP) is 3.20. The Morgan fingerprint density at radius 1 is 1.14 bits per heavy atom. The summed E-state index contributed by atoms with van der Waals surface area (Å²) in [7, 11) is -3.59. The highest BCUT2D eigenvalue weighted by Crippen LogP contribution is 2.25. The first-order valence-electron chi connectivity index (χ1n) is 9.41. The van der Waals surface area contributed by atoms with E-state index in [9.17, 15) is 13.2 Å². The van der Waals surface area contributed by atoms with Crippen molar-refractivity contribution >= 4 is 33.2 Å². The van der Waals surface area contributed by atoms with E-state index in [1.165, 1.54) is 12.1 Å². The molecule has 0 saturated carbocycles. The van der Waals surface area contributed by atoms with Gasteiger partial charge in [-0.25, -0.2) is 13.1 Å². The zero-order chi connectivity index (χ0) is 20.9. The van der Waals surface area contributed by atoms with Gasteiger partial charge in [0.1, 0.15) is 0 Å². The number of piperidine rings is 1. The number of carbonyl (C=O) groups excluding carboxylic acids is 1. The Morgan fingerprint density at radius 3 is 2.45 bits per heavy atom. The average Bonchev–Trinajstić information content (AvgIpc) is 2.72. The summed E-state index contributed by atoms with van der Waals surface area (Å²) in [5.41, 5.74) is 1.46. The van der Waals surface area contributed by atoms with Gasteiger partial charge in [0.2, 0.25) is 10.0 Å². The molecule has 1 aliphatic heterocycles. The van der Waals surface area contributed by atoms with E-state index >= 15 is 0 Å². The molecule has 6 nitrogen and oxygen atoms in total. The van der Waals surface area contributed by atoms with E-state index in [1.54, 1.807) is 24.3 Å². The molecule has 1 heterocycles. The number of carbonyl (C=O) groups is 1. The molecule has 2 aromatic carbocycles. The van der Waals surface area contributed by atoms with Crippen LogP contribution in [0.1, 0.15) is 23.2 Å². The molecule has 1 saturated heterocycles.